The average molecular weight is 584 g/mol. The molecule has 0 amide bonds. The number of ketones is 1. The largest absolute Gasteiger partial charge is 0.461 e. The number of carbonyl (C=O) groups excluding carboxylic acids is 1. The van der Waals surface area contributed by atoms with E-state index in [2.05, 4.69) is 19.9 Å². The van der Waals surface area contributed by atoms with Gasteiger partial charge in [-0.2, -0.15) is 0 Å². The maximum atomic E-state index is 13.8. The summed E-state index contributed by atoms with van der Waals surface area (Å²) in [6, 6.07) is 9.32. The van der Waals surface area contributed by atoms with Crippen molar-refractivity contribution in [1.82, 2.24) is 4.90 Å². The van der Waals surface area contributed by atoms with Crippen molar-refractivity contribution in [3.8, 4) is 0 Å². The number of ether oxygens (including phenoxy) is 1. The Labute approximate surface area is 250 Å². The molecule has 2 bridgehead atoms. The number of furan rings is 1. The van der Waals surface area contributed by atoms with Crippen LogP contribution in [0.3, 0.4) is 0 Å². The van der Waals surface area contributed by atoms with Crippen molar-refractivity contribution in [3.63, 3.8) is 0 Å². The molecule has 4 N–H and O–H groups in total. The van der Waals surface area contributed by atoms with Crippen LogP contribution in [0.5, 0.6) is 0 Å². The molecule has 1 saturated carbocycles. The summed E-state index contributed by atoms with van der Waals surface area (Å²) in [6.45, 7) is 5.67. The second kappa shape index (κ2) is 14.4. The van der Waals surface area contributed by atoms with E-state index in [0.29, 0.717) is 57.4 Å². The molecule has 232 valence electrons. The molecule has 1 aromatic heterocycles. The Morgan fingerprint density at radius 3 is 2.76 bits per heavy atom. The van der Waals surface area contributed by atoms with Crippen molar-refractivity contribution in [2.75, 3.05) is 40.0 Å². The summed E-state index contributed by atoms with van der Waals surface area (Å²) in [7, 11) is 1.65. The van der Waals surface area contributed by atoms with E-state index in [-0.39, 0.29) is 30.6 Å². The standard InChI is InChI=1S/C34H49NO7/c1-24-7-4-14-33(2)30(13-15-34(33,40)23-35(16-6-17-41-3)21-27(38)22-36)28-12-10-25(19-26(37)11-9-24)20-29(28)32(39)31-8-5-18-42-31/h5,7-8,10,12,18,20,26-27,30,36-38,40H,4,6,9,11,13-17,19,21-23H2,1-3H3. The lowest BCUT2D eigenvalue weighted by molar-refractivity contribution is -0.0898. The van der Waals surface area contributed by atoms with Crippen LogP contribution >= 0.6 is 0 Å². The maximum absolute atomic E-state index is 13.8. The highest BCUT2D eigenvalue weighted by atomic mass is 16.5. The number of nitrogens with zero attached hydrogens (tertiary/aromatic N) is 1. The lowest BCUT2D eigenvalue weighted by Crippen LogP contribution is -2.54. The molecule has 0 aliphatic heterocycles. The van der Waals surface area contributed by atoms with Gasteiger partial charge in [-0.15, -0.1) is 0 Å². The van der Waals surface area contributed by atoms with Crippen molar-refractivity contribution in [2.45, 2.75) is 88.9 Å². The predicted octanol–water partition coefficient (Wildman–Crippen LogP) is 4.24. The molecule has 5 atom stereocenters. The Balaban J connectivity index is 1.77. The number of rotatable bonds is 11. The molecule has 0 spiro atoms. The Bertz CT molecular complexity index is 1190. The fourth-order valence-electron chi connectivity index (χ4n) is 7.13. The minimum Gasteiger partial charge on any atom is -0.461 e. The van der Waals surface area contributed by atoms with Gasteiger partial charge in [-0.05, 0) is 93.5 Å². The van der Waals surface area contributed by atoms with Gasteiger partial charge in [-0.3, -0.25) is 9.69 Å². The summed E-state index contributed by atoms with van der Waals surface area (Å²) < 4.78 is 10.8. The molecule has 1 aromatic carbocycles. The van der Waals surface area contributed by atoms with Crippen LogP contribution < -0.4 is 0 Å². The summed E-state index contributed by atoms with van der Waals surface area (Å²) in [6.07, 6.45) is 7.65. The first-order valence-electron chi connectivity index (χ1n) is 15.4. The first-order valence-corrected chi connectivity index (χ1v) is 15.4. The predicted molar refractivity (Wildman–Crippen MR) is 162 cm³/mol. The van der Waals surface area contributed by atoms with Crippen molar-refractivity contribution < 1.29 is 34.4 Å². The highest BCUT2D eigenvalue weighted by Crippen LogP contribution is 2.58. The lowest BCUT2D eigenvalue weighted by Gasteiger charge is -2.46. The molecule has 3 aliphatic rings. The molecule has 0 radical (unpaired) electrons. The Hall–Kier alpha value is -2.33. The van der Waals surface area contributed by atoms with Crippen LogP contribution in [0.1, 0.15) is 92.0 Å². The summed E-state index contributed by atoms with van der Waals surface area (Å²) in [5.74, 6) is -0.0271. The van der Waals surface area contributed by atoms with Gasteiger partial charge in [0, 0.05) is 44.3 Å². The normalized spacial score (nSPS) is 27.5. The second-order valence-electron chi connectivity index (χ2n) is 12.7. The zero-order chi connectivity index (χ0) is 30.3. The molecule has 8 nitrogen and oxygen atoms in total. The average Bonchev–Trinajstić information content (AvgIpc) is 3.58. The summed E-state index contributed by atoms with van der Waals surface area (Å²) in [4.78, 5) is 15.9. The molecule has 5 unspecified atom stereocenters. The van der Waals surface area contributed by atoms with Crippen LogP contribution in [0.15, 0.2) is 52.7 Å². The van der Waals surface area contributed by atoms with Gasteiger partial charge in [0.1, 0.15) is 0 Å². The lowest BCUT2D eigenvalue weighted by atomic mass is 9.64. The number of fused-ring (bicyclic) bond motifs is 8. The quantitative estimate of drug-likeness (QED) is 0.176. The van der Waals surface area contributed by atoms with E-state index in [1.807, 2.05) is 23.1 Å². The molecular formula is C34H49NO7. The summed E-state index contributed by atoms with van der Waals surface area (Å²) in [5.41, 5.74) is 1.90. The minimum atomic E-state index is -1.10. The van der Waals surface area contributed by atoms with Crippen LogP contribution in [0.25, 0.3) is 0 Å². The minimum absolute atomic E-state index is 0.101. The molecular weight excluding hydrogens is 534 g/mol. The van der Waals surface area contributed by atoms with E-state index < -0.39 is 23.2 Å². The number of benzene rings is 1. The zero-order valence-corrected chi connectivity index (χ0v) is 25.4. The van der Waals surface area contributed by atoms with E-state index >= 15 is 0 Å². The summed E-state index contributed by atoms with van der Waals surface area (Å²) in [5, 5.41) is 43.2. The highest BCUT2D eigenvalue weighted by molar-refractivity contribution is 6.08. The monoisotopic (exact) mass is 583 g/mol. The van der Waals surface area contributed by atoms with Gasteiger partial charge >= 0.3 is 0 Å². The maximum Gasteiger partial charge on any atom is 0.228 e. The number of aliphatic hydroxyl groups is 4. The molecule has 0 saturated heterocycles. The van der Waals surface area contributed by atoms with Crippen LogP contribution in [0.4, 0.5) is 0 Å². The number of carbonyl (C=O) groups is 1. The zero-order valence-electron chi connectivity index (χ0n) is 25.4. The fourth-order valence-corrected chi connectivity index (χ4v) is 7.13. The summed E-state index contributed by atoms with van der Waals surface area (Å²) >= 11 is 0. The molecule has 2 aromatic rings. The molecule has 1 fully saturated rings. The third-order valence-electron chi connectivity index (χ3n) is 9.65. The van der Waals surface area contributed by atoms with Crippen molar-refractivity contribution >= 4 is 5.78 Å². The molecule has 3 aliphatic carbocycles. The van der Waals surface area contributed by atoms with Gasteiger partial charge in [0.15, 0.2) is 5.76 Å². The van der Waals surface area contributed by atoms with E-state index in [9.17, 15) is 25.2 Å². The smallest absolute Gasteiger partial charge is 0.228 e. The van der Waals surface area contributed by atoms with Gasteiger partial charge in [-0.1, -0.05) is 30.7 Å². The van der Waals surface area contributed by atoms with Gasteiger partial charge in [-0.25, -0.2) is 0 Å². The SMILES string of the molecule is COCCCN(CC(O)CO)CC1(O)CCC2c3ccc(cc3C(=O)c3ccco3)CC(O)CCC(C)=CCCC21C. The van der Waals surface area contributed by atoms with Gasteiger partial charge < -0.3 is 29.6 Å². The second-order valence-corrected chi connectivity index (χ2v) is 12.7. The Kier molecular flexibility index (Phi) is 11.2. The first-order chi connectivity index (χ1) is 20.1. The van der Waals surface area contributed by atoms with E-state index in [4.69, 9.17) is 9.15 Å². The highest BCUT2D eigenvalue weighted by Gasteiger charge is 2.57. The topological polar surface area (TPSA) is 124 Å². The Morgan fingerprint density at radius 1 is 1.24 bits per heavy atom. The fraction of sp³-hybridized carbons (Fsp3) is 0.618. The number of hydrogen-bond donors (Lipinski definition) is 4. The van der Waals surface area contributed by atoms with E-state index in [0.717, 1.165) is 30.4 Å². The molecule has 5 rings (SSSR count). The van der Waals surface area contributed by atoms with Crippen LogP contribution in [-0.4, -0.2) is 88.9 Å². The number of methoxy groups -OCH3 is 1. The number of allylic oxidation sites excluding steroid dienone is 2. The van der Waals surface area contributed by atoms with E-state index in [1.54, 1.807) is 19.2 Å². The van der Waals surface area contributed by atoms with Crippen molar-refractivity contribution in [1.29, 1.82) is 0 Å². The van der Waals surface area contributed by atoms with Crippen molar-refractivity contribution in [3.05, 3.63) is 70.7 Å². The van der Waals surface area contributed by atoms with Crippen LogP contribution in [0.2, 0.25) is 0 Å². The molecule has 8 heteroatoms. The van der Waals surface area contributed by atoms with Crippen LogP contribution in [0, 0.1) is 5.41 Å². The van der Waals surface area contributed by atoms with Gasteiger partial charge in [0.2, 0.25) is 5.78 Å². The Morgan fingerprint density at radius 2 is 2.05 bits per heavy atom. The molecule has 42 heavy (non-hydrogen) atoms. The van der Waals surface area contributed by atoms with Gasteiger partial charge in [0.05, 0.1) is 30.7 Å². The third kappa shape index (κ3) is 7.41. The van der Waals surface area contributed by atoms with E-state index in [1.165, 1.54) is 11.8 Å². The number of hydrogen-bond acceptors (Lipinski definition) is 8. The van der Waals surface area contributed by atoms with Crippen LogP contribution in [-0.2, 0) is 11.2 Å². The first kappa shape index (κ1) is 32.6. The van der Waals surface area contributed by atoms with Gasteiger partial charge in [0.25, 0.3) is 0 Å². The third-order valence-corrected chi connectivity index (χ3v) is 9.65. The molecule has 1 heterocycles. The number of aliphatic hydroxyl groups excluding tert-OH is 3. The van der Waals surface area contributed by atoms with Crippen molar-refractivity contribution in [2.24, 2.45) is 5.41 Å².